The van der Waals surface area contributed by atoms with Crippen molar-refractivity contribution in [1.82, 2.24) is 25.5 Å². The Balaban J connectivity index is 1.40. The summed E-state index contributed by atoms with van der Waals surface area (Å²) in [5.41, 5.74) is 1.63. The minimum Gasteiger partial charge on any atom is -0.494 e. The van der Waals surface area contributed by atoms with E-state index in [1.54, 1.807) is 18.7 Å². The molecule has 0 fully saturated rings. The Bertz CT molecular complexity index is 1030. The molecule has 10 heteroatoms. The maximum atomic E-state index is 12.6. The molecular weight excluding hydrogens is 394 g/mol. The molecule has 0 saturated carbocycles. The lowest BCUT2D eigenvalue weighted by Gasteiger charge is -2.13. The van der Waals surface area contributed by atoms with E-state index in [-0.39, 0.29) is 12.7 Å². The molecule has 0 saturated heterocycles. The smallest absolute Gasteiger partial charge is 0.233 e. The van der Waals surface area contributed by atoms with Crippen LogP contribution in [0.15, 0.2) is 47.6 Å². The zero-order chi connectivity index (χ0) is 20.2. The second kappa shape index (κ2) is 8.39. The van der Waals surface area contributed by atoms with Crippen molar-refractivity contribution < 1.29 is 19.0 Å². The Kier molecular flexibility index (Phi) is 5.52. The number of nitrogens with zero attached hydrogens (tertiary/aromatic N) is 4. The summed E-state index contributed by atoms with van der Waals surface area (Å²) in [5.74, 6) is 1.92. The van der Waals surface area contributed by atoms with Crippen molar-refractivity contribution in [2.75, 3.05) is 13.9 Å². The normalized spacial score (nSPS) is 13.2. The number of hydrogen-bond acceptors (Lipinski definition) is 8. The highest BCUT2D eigenvalue weighted by Crippen LogP contribution is 2.32. The molecule has 9 nitrogen and oxygen atoms in total. The van der Waals surface area contributed by atoms with E-state index in [2.05, 4.69) is 20.8 Å². The molecule has 0 aliphatic carbocycles. The zero-order valence-electron chi connectivity index (χ0n) is 15.9. The first-order valence-electron chi connectivity index (χ1n) is 8.90. The zero-order valence-corrected chi connectivity index (χ0v) is 16.7. The van der Waals surface area contributed by atoms with E-state index >= 15 is 0 Å². The van der Waals surface area contributed by atoms with Gasteiger partial charge in [0.15, 0.2) is 11.5 Å². The SMILES string of the molecule is COc1ccccc1-n1nnnc1S[C@H](C)C(=O)NCc1ccc2c(c1)OCO2. The molecule has 0 spiro atoms. The molecule has 0 unspecified atom stereocenters. The highest BCUT2D eigenvalue weighted by atomic mass is 32.2. The molecule has 3 aromatic rings. The number of nitrogens with one attached hydrogen (secondary N) is 1. The summed E-state index contributed by atoms with van der Waals surface area (Å²) in [5, 5.41) is 14.8. The molecule has 1 amide bonds. The Morgan fingerprint density at radius 3 is 2.97 bits per heavy atom. The third-order valence-electron chi connectivity index (χ3n) is 4.31. The Morgan fingerprint density at radius 1 is 1.28 bits per heavy atom. The Labute approximate surface area is 171 Å². The average molecular weight is 413 g/mol. The van der Waals surface area contributed by atoms with Gasteiger partial charge in [-0.2, -0.15) is 4.68 Å². The molecule has 1 N–H and O–H groups in total. The fourth-order valence-electron chi connectivity index (χ4n) is 2.80. The lowest BCUT2D eigenvalue weighted by atomic mass is 10.2. The molecule has 150 valence electrons. The largest absolute Gasteiger partial charge is 0.494 e. The number of rotatable bonds is 7. The van der Waals surface area contributed by atoms with E-state index in [0.717, 1.165) is 5.56 Å². The number of para-hydroxylation sites is 2. The first-order chi connectivity index (χ1) is 14.2. The first-order valence-corrected chi connectivity index (χ1v) is 9.78. The summed E-state index contributed by atoms with van der Waals surface area (Å²) in [6.07, 6.45) is 0. The number of carbonyl (C=O) groups is 1. The lowest BCUT2D eigenvalue weighted by molar-refractivity contribution is -0.120. The van der Waals surface area contributed by atoms with Crippen molar-refractivity contribution in [3.63, 3.8) is 0 Å². The number of ether oxygens (including phenoxy) is 3. The van der Waals surface area contributed by atoms with E-state index in [4.69, 9.17) is 14.2 Å². The van der Waals surface area contributed by atoms with Gasteiger partial charge in [-0.3, -0.25) is 4.79 Å². The molecule has 29 heavy (non-hydrogen) atoms. The highest BCUT2D eigenvalue weighted by Gasteiger charge is 2.21. The maximum absolute atomic E-state index is 12.6. The van der Waals surface area contributed by atoms with Gasteiger partial charge in [0, 0.05) is 6.54 Å². The monoisotopic (exact) mass is 413 g/mol. The maximum Gasteiger partial charge on any atom is 0.233 e. The minimum atomic E-state index is -0.400. The number of amides is 1. The number of methoxy groups -OCH3 is 1. The van der Waals surface area contributed by atoms with Gasteiger partial charge in [0.2, 0.25) is 17.9 Å². The third kappa shape index (κ3) is 4.11. The summed E-state index contributed by atoms with van der Waals surface area (Å²) < 4.78 is 17.6. The molecule has 2 heterocycles. The van der Waals surface area contributed by atoms with Crippen LogP contribution in [0.2, 0.25) is 0 Å². The van der Waals surface area contributed by atoms with Gasteiger partial charge in [-0.05, 0) is 47.2 Å². The summed E-state index contributed by atoms with van der Waals surface area (Å²) in [7, 11) is 1.59. The molecule has 1 aliphatic rings. The molecular formula is C19H19N5O4S. The minimum absolute atomic E-state index is 0.123. The van der Waals surface area contributed by atoms with Gasteiger partial charge >= 0.3 is 0 Å². The average Bonchev–Trinajstić information content (AvgIpc) is 3.40. The number of thioether (sulfide) groups is 1. The Hall–Kier alpha value is -3.27. The number of hydrogen-bond donors (Lipinski definition) is 1. The lowest BCUT2D eigenvalue weighted by Crippen LogP contribution is -2.30. The highest BCUT2D eigenvalue weighted by molar-refractivity contribution is 8.00. The van der Waals surface area contributed by atoms with Crippen LogP contribution in [0.3, 0.4) is 0 Å². The van der Waals surface area contributed by atoms with Crippen LogP contribution >= 0.6 is 11.8 Å². The van der Waals surface area contributed by atoms with E-state index in [1.807, 2.05) is 42.5 Å². The summed E-state index contributed by atoms with van der Waals surface area (Å²) in [6, 6.07) is 13.0. The van der Waals surface area contributed by atoms with Crippen LogP contribution in [0.4, 0.5) is 0 Å². The molecule has 1 aromatic heterocycles. The Morgan fingerprint density at radius 2 is 2.10 bits per heavy atom. The standard InChI is InChI=1S/C19H19N5O4S/c1-12(18(25)20-10-13-7-8-16-17(9-13)28-11-27-16)29-19-21-22-23-24(19)14-5-3-4-6-15(14)26-2/h3-9,12H,10-11H2,1-2H3,(H,20,25)/t12-/m1/s1. The van der Waals surface area contributed by atoms with Gasteiger partial charge in [-0.15, -0.1) is 5.10 Å². The second-order valence-corrected chi connectivity index (χ2v) is 7.52. The van der Waals surface area contributed by atoms with Crippen molar-refractivity contribution in [3.8, 4) is 22.9 Å². The predicted molar refractivity (Wildman–Crippen MR) is 105 cm³/mol. The summed E-state index contributed by atoms with van der Waals surface area (Å²) >= 11 is 1.27. The number of fused-ring (bicyclic) bond motifs is 1. The fraction of sp³-hybridized carbons (Fsp3) is 0.263. The van der Waals surface area contributed by atoms with Crippen LogP contribution in [0.5, 0.6) is 17.2 Å². The molecule has 1 atom stereocenters. The van der Waals surface area contributed by atoms with E-state index in [1.165, 1.54) is 11.8 Å². The van der Waals surface area contributed by atoms with Crippen molar-refractivity contribution in [1.29, 1.82) is 0 Å². The van der Waals surface area contributed by atoms with Gasteiger partial charge in [-0.1, -0.05) is 30.0 Å². The second-order valence-electron chi connectivity index (χ2n) is 6.21. The van der Waals surface area contributed by atoms with Gasteiger partial charge in [0.1, 0.15) is 11.4 Å². The van der Waals surface area contributed by atoms with Crippen molar-refractivity contribution in [2.24, 2.45) is 0 Å². The van der Waals surface area contributed by atoms with Crippen LogP contribution in [-0.4, -0.2) is 45.3 Å². The van der Waals surface area contributed by atoms with Crippen molar-refractivity contribution >= 4 is 17.7 Å². The molecule has 0 radical (unpaired) electrons. The summed E-state index contributed by atoms with van der Waals surface area (Å²) in [4.78, 5) is 12.6. The summed E-state index contributed by atoms with van der Waals surface area (Å²) in [6.45, 7) is 2.42. The van der Waals surface area contributed by atoms with Gasteiger partial charge in [-0.25, -0.2) is 0 Å². The predicted octanol–water partition coefficient (Wildman–Crippen LogP) is 2.20. The van der Waals surface area contributed by atoms with Crippen LogP contribution in [-0.2, 0) is 11.3 Å². The molecule has 4 rings (SSSR count). The number of carbonyl (C=O) groups excluding carboxylic acids is 1. The quantitative estimate of drug-likeness (QED) is 0.589. The van der Waals surface area contributed by atoms with E-state index < -0.39 is 5.25 Å². The van der Waals surface area contributed by atoms with Crippen LogP contribution < -0.4 is 19.5 Å². The van der Waals surface area contributed by atoms with Crippen LogP contribution in [0.25, 0.3) is 5.69 Å². The molecule has 1 aliphatic heterocycles. The van der Waals surface area contributed by atoms with Gasteiger partial charge < -0.3 is 19.5 Å². The number of tetrazole rings is 1. The molecule has 0 bridgehead atoms. The van der Waals surface area contributed by atoms with Crippen molar-refractivity contribution in [3.05, 3.63) is 48.0 Å². The fourth-order valence-corrected chi connectivity index (χ4v) is 3.63. The number of aromatic nitrogens is 4. The molecule has 2 aromatic carbocycles. The van der Waals surface area contributed by atoms with Crippen LogP contribution in [0, 0.1) is 0 Å². The van der Waals surface area contributed by atoms with E-state index in [0.29, 0.717) is 34.6 Å². The van der Waals surface area contributed by atoms with Crippen molar-refractivity contribution in [2.45, 2.75) is 23.9 Å². The third-order valence-corrected chi connectivity index (χ3v) is 5.34. The van der Waals surface area contributed by atoms with E-state index in [9.17, 15) is 4.79 Å². The number of benzene rings is 2. The van der Waals surface area contributed by atoms with Gasteiger partial charge in [0.05, 0.1) is 12.4 Å². The van der Waals surface area contributed by atoms with Crippen LogP contribution in [0.1, 0.15) is 12.5 Å². The van der Waals surface area contributed by atoms with Gasteiger partial charge in [0.25, 0.3) is 0 Å². The topological polar surface area (TPSA) is 100 Å². The first kappa shape index (κ1) is 19.1.